The van der Waals surface area contributed by atoms with E-state index in [0.717, 1.165) is 5.56 Å². The van der Waals surface area contributed by atoms with Gasteiger partial charge in [-0.2, -0.15) is 13.2 Å². The summed E-state index contributed by atoms with van der Waals surface area (Å²) in [5.41, 5.74) is -3.20. The average Bonchev–Trinajstić information content (AvgIpc) is 2.00. The Bertz CT molecular complexity index is 319. The van der Waals surface area contributed by atoms with Crippen LogP contribution in [-0.4, -0.2) is 5.51 Å². The second-order valence-electron chi connectivity index (χ2n) is 4.32. The highest BCUT2D eigenvalue weighted by molar-refractivity contribution is 8.00. The van der Waals surface area contributed by atoms with Crippen molar-refractivity contribution in [1.82, 2.24) is 0 Å². The van der Waals surface area contributed by atoms with E-state index in [9.17, 15) is 13.2 Å². The summed E-state index contributed by atoms with van der Waals surface area (Å²) in [5, 5.41) is 0. The van der Waals surface area contributed by atoms with Crippen LogP contribution in [0.4, 0.5) is 13.2 Å². The fraction of sp³-hybridized carbons (Fsp3) is 0.455. The number of hydrogen-bond donors (Lipinski definition) is 0. The SMILES string of the molecule is CC(C)(C)c1ccc(SC(F)(F)[18F])cc1. The molecule has 4 heteroatoms. The summed E-state index contributed by atoms with van der Waals surface area (Å²) >= 11 is -0.0799. The van der Waals surface area contributed by atoms with Gasteiger partial charge in [-0.3, -0.25) is 0 Å². The zero-order valence-corrected chi connectivity index (χ0v) is 9.67. The molecule has 0 aliphatic carbocycles. The maximum atomic E-state index is 12.0. The lowest BCUT2D eigenvalue weighted by Crippen LogP contribution is -2.10. The van der Waals surface area contributed by atoms with Crippen molar-refractivity contribution in [2.24, 2.45) is 0 Å². The molecule has 1 rings (SSSR count). The minimum absolute atomic E-state index is 0.0264. The number of hydrogen-bond acceptors (Lipinski definition) is 1. The number of alkyl halides is 3. The molecule has 0 saturated carbocycles. The quantitative estimate of drug-likeness (QED) is 0.639. The fourth-order valence-electron chi connectivity index (χ4n) is 1.16. The minimum atomic E-state index is -4.21. The molecule has 0 radical (unpaired) electrons. The number of rotatable bonds is 1. The smallest absolute Gasteiger partial charge is 0.160 e. The van der Waals surface area contributed by atoms with Crippen LogP contribution < -0.4 is 0 Å². The van der Waals surface area contributed by atoms with E-state index in [1.807, 2.05) is 20.8 Å². The standard InChI is InChI=1S/C11H13F3S/c1-10(2,3)8-4-6-9(7-5-8)15-11(12,13)14/h4-7H,1-3H3/i12-1. The normalized spacial score (nSPS) is 12.9. The van der Waals surface area contributed by atoms with E-state index in [2.05, 4.69) is 0 Å². The topological polar surface area (TPSA) is 0 Å². The third-order valence-electron chi connectivity index (χ3n) is 1.95. The Morgan fingerprint density at radius 3 is 1.73 bits per heavy atom. The lowest BCUT2D eigenvalue weighted by Gasteiger charge is -2.19. The first-order chi connectivity index (χ1) is 6.68. The number of thioether (sulfide) groups is 1. The van der Waals surface area contributed by atoms with Crippen LogP contribution in [0.3, 0.4) is 0 Å². The highest BCUT2D eigenvalue weighted by atomic mass is 32.2. The zero-order valence-electron chi connectivity index (χ0n) is 8.85. The Morgan fingerprint density at radius 1 is 0.933 bits per heavy atom. The van der Waals surface area contributed by atoms with Crippen LogP contribution in [0.25, 0.3) is 0 Å². The van der Waals surface area contributed by atoms with Crippen LogP contribution in [-0.2, 0) is 5.41 Å². The monoisotopic (exact) mass is 233 g/mol. The van der Waals surface area contributed by atoms with E-state index in [-0.39, 0.29) is 22.1 Å². The van der Waals surface area contributed by atoms with Gasteiger partial charge in [0.05, 0.1) is 0 Å². The Labute approximate surface area is 91.9 Å². The van der Waals surface area contributed by atoms with Crippen molar-refractivity contribution in [2.45, 2.75) is 36.6 Å². The van der Waals surface area contributed by atoms with Gasteiger partial charge in [0.25, 0.3) is 0 Å². The second-order valence-corrected chi connectivity index (χ2v) is 5.46. The molecule has 1 aromatic rings. The van der Waals surface area contributed by atoms with Gasteiger partial charge in [-0.15, -0.1) is 0 Å². The third-order valence-corrected chi connectivity index (χ3v) is 2.69. The van der Waals surface area contributed by atoms with Crippen LogP contribution in [0.2, 0.25) is 0 Å². The number of halogens is 3. The highest BCUT2D eigenvalue weighted by Crippen LogP contribution is 2.37. The average molecular weight is 233 g/mol. The van der Waals surface area contributed by atoms with Gasteiger partial charge in [0, 0.05) is 4.90 Å². The molecule has 0 N–H and O–H groups in total. The van der Waals surface area contributed by atoms with E-state index in [1.165, 1.54) is 12.1 Å². The molecule has 0 aliphatic rings. The van der Waals surface area contributed by atoms with Gasteiger partial charge < -0.3 is 0 Å². The molecule has 1 aromatic carbocycles. The van der Waals surface area contributed by atoms with Gasteiger partial charge in [-0.05, 0) is 34.9 Å². The predicted molar refractivity (Wildman–Crippen MR) is 57.1 cm³/mol. The summed E-state index contributed by atoms with van der Waals surface area (Å²) in [6, 6.07) is 6.51. The van der Waals surface area contributed by atoms with Crippen molar-refractivity contribution in [1.29, 1.82) is 0 Å². The Kier molecular flexibility index (Phi) is 3.38. The van der Waals surface area contributed by atoms with Gasteiger partial charge in [-0.25, -0.2) is 0 Å². The maximum Gasteiger partial charge on any atom is 0.446 e. The van der Waals surface area contributed by atoms with E-state index in [1.54, 1.807) is 12.1 Å². The van der Waals surface area contributed by atoms with Crippen molar-refractivity contribution in [3.8, 4) is 0 Å². The minimum Gasteiger partial charge on any atom is -0.160 e. The molecular weight excluding hydrogens is 220 g/mol. The maximum absolute atomic E-state index is 12.0. The molecular formula is C11H13F3S. The Hall–Kier alpha value is -0.640. The van der Waals surface area contributed by atoms with Gasteiger partial charge >= 0.3 is 5.51 Å². The van der Waals surface area contributed by atoms with E-state index in [0.29, 0.717) is 0 Å². The van der Waals surface area contributed by atoms with Gasteiger partial charge in [0.2, 0.25) is 0 Å². The lowest BCUT2D eigenvalue weighted by molar-refractivity contribution is -0.0328. The first-order valence-corrected chi connectivity index (χ1v) is 5.36. The van der Waals surface area contributed by atoms with Crippen molar-refractivity contribution < 1.29 is 13.2 Å². The number of benzene rings is 1. The molecule has 0 nitrogen and oxygen atoms in total. The van der Waals surface area contributed by atoms with Crippen LogP contribution in [0.1, 0.15) is 26.3 Å². The van der Waals surface area contributed by atoms with E-state index < -0.39 is 5.51 Å². The van der Waals surface area contributed by atoms with Gasteiger partial charge in [-0.1, -0.05) is 32.9 Å². The van der Waals surface area contributed by atoms with Crippen molar-refractivity contribution >= 4 is 11.8 Å². The molecule has 0 spiro atoms. The summed E-state index contributed by atoms with van der Waals surface area (Å²) in [4.78, 5) is 0.232. The van der Waals surface area contributed by atoms with Crippen molar-refractivity contribution in [3.63, 3.8) is 0 Å². The molecule has 15 heavy (non-hydrogen) atoms. The molecule has 0 unspecified atom stereocenters. The first-order valence-electron chi connectivity index (χ1n) is 4.55. The predicted octanol–water partition coefficient (Wildman–Crippen LogP) is 4.60. The van der Waals surface area contributed by atoms with E-state index in [4.69, 9.17) is 0 Å². The molecule has 84 valence electrons. The molecule has 0 aliphatic heterocycles. The van der Waals surface area contributed by atoms with Crippen molar-refractivity contribution in [2.75, 3.05) is 0 Å². The van der Waals surface area contributed by atoms with Gasteiger partial charge in [0.1, 0.15) is 0 Å². The molecule has 0 amide bonds. The van der Waals surface area contributed by atoms with Gasteiger partial charge in [0.15, 0.2) is 0 Å². The summed E-state index contributed by atoms with van der Waals surface area (Å²) in [6.07, 6.45) is 0. The largest absolute Gasteiger partial charge is 0.446 e. The van der Waals surface area contributed by atoms with Crippen LogP contribution in [0.15, 0.2) is 29.2 Å². The summed E-state index contributed by atoms with van der Waals surface area (Å²) in [7, 11) is 0. The van der Waals surface area contributed by atoms with Crippen molar-refractivity contribution in [3.05, 3.63) is 29.8 Å². The third kappa shape index (κ3) is 4.16. The van der Waals surface area contributed by atoms with Crippen LogP contribution in [0, 0.1) is 0 Å². The van der Waals surface area contributed by atoms with Crippen LogP contribution >= 0.6 is 11.8 Å². The second kappa shape index (κ2) is 4.08. The summed E-state index contributed by atoms with van der Waals surface area (Å²) < 4.78 is 36.1. The summed E-state index contributed by atoms with van der Waals surface area (Å²) in [5.74, 6) is 0. The molecule has 0 fully saturated rings. The lowest BCUT2D eigenvalue weighted by atomic mass is 9.87. The Balaban J connectivity index is 2.82. The molecule has 0 bridgehead atoms. The molecule has 0 atom stereocenters. The Morgan fingerprint density at radius 2 is 1.40 bits per heavy atom. The summed E-state index contributed by atoms with van der Waals surface area (Å²) in [6.45, 7) is 6.08. The molecule has 0 heterocycles. The fourth-order valence-corrected chi connectivity index (χ4v) is 1.70. The first kappa shape index (κ1) is 12.4. The molecule has 0 saturated heterocycles. The van der Waals surface area contributed by atoms with Crippen LogP contribution in [0.5, 0.6) is 0 Å². The molecule has 0 aromatic heterocycles. The highest BCUT2D eigenvalue weighted by Gasteiger charge is 2.29. The van der Waals surface area contributed by atoms with E-state index >= 15 is 0 Å². The zero-order chi connectivity index (χ0) is 11.7.